The van der Waals surface area contributed by atoms with E-state index in [0.29, 0.717) is 30.5 Å². The highest BCUT2D eigenvalue weighted by Crippen LogP contribution is 2.21. The number of carboxylic acids is 1. The third kappa shape index (κ3) is 15.0. The Morgan fingerprint density at radius 3 is 2.08 bits per heavy atom. The van der Waals surface area contributed by atoms with Crippen LogP contribution in [0.25, 0.3) is 0 Å². The van der Waals surface area contributed by atoms with Crippen LogP contribution in [0.2, 0.25) is 0 Å². The SMILES string of the molecule is CCC(NC(=O)[C@@H]1CCCN1C(=O)[C@H](Cc1cnc[nH]1)NC(=O)[C@@H](NC(=O)[C@H](Cc1ccc(O)cc1)NC(=O)[C@@H](NC(=O)[C@@H](N)CCCN=C(N)N)C(C)C)[C@@H](C)CC)C(=O)O. The number of rotatable bonds is 24. The summed E-state index contributed by atoms with van der Waals surface area (Å²) in [5, 5.41) is 32.9. The van der Waals surface area contributed by atoms with E-state index in [1.54, 1.807) is 39.8 Å². The molecule has 1 unspecified atom stereocenters. The summed E-state index contributed by atoms with van der Waals surface area (Å²) in [6.45, 7) is 9.03. The number of nitrogens with one attached hydrogen (secondary N) is 6. The Kier molecular flexibility index (Phi) is 19.6. The number of carbonyl (C=O) groups is 7. The summed E-state index contributed by atoms with van der Waals surface area (Å²) in [5.74, 6) is -6.19. The Balaban J connectivity index is 1.88. The average Bonchev–Trinajstić information content (AvgIpc) is 3.94. The second kappa shape index (κ2) is 24.3. The van der Waals surface area contributed by atoms with E-state index in [2.05, 4.69) is 41.5 Å². The lowest BCUT2D eigenvalue weighted by atomic mass is 9.96. The monoisotopic (exact) mass is 868 g/mol. The highest BCUT2D eigenvalue weighted by molar-refractivity contribution is 5.97. The molecule has 1 fully saturated rings. The molecule has 6 amide bonds. The molecule has 0 aliphatic carbocycles. The first-order chi connectivity index (χ1) is 29.4. The van der Waals surface area contributed by atoms with E-state index >= 15 is 0 Å². The number of aromatic nitrogens is 2. The molecule has 1 saturated heterocycles. The quantitative estimate of drug-likeness (QED) is 0.0339. The molecule has 1 aromatic carbocycles. The van der Waals surface area contributed by atoms with Crippen LogP contribution in [0.4, 0.5) is 0 Å². The average molecular weight is 869 g/mol. The Morgan fingerprint density at radius 2 is 1.50 bits per heavy atom. The predicted molar refractivity (Wildman–Crippen MR) is 229 cm³/mol. The zero-order valence-corrected chi connectivity index (χ0v) is 36.1. The zero-order valence-electron chi connectivity index (χ0n) is 36.1. The van der Waals surface area contributed by atoms with E-state index in [1.165, 1.54) is 29.6 Å². The zero-order chi connectivity index (χ0) is 46.1. The Labute approximate surface area is 361 Å². The van der Waals surface area contributed by atoms with Gasteiger partial charge in [0.05, 0.1) is 12.4 Å². The third-order valence-electron chi connectivity index (χ3n) is 10.8. The summed E-state index contributed by atoms with van der Waals surface area (Å²) in [6.07, 6.45) is 4.71. The van der Waals surface area contributed by atoms with Crippen LogP contribution in [-0.4, -0.2) is 128 Å². The van der Waals surface area contributed by atoms with Gasteiger partial charge in [-0.15, -0.1) is 0 Å². The summed E-state index contributed by atoms with van der Waals surface area (Å²) in [6, 6.07) is -1.96. The number of likely N-dealkylation sites (tertiary alicyclic amines) is 1. The maximum atomic E-state index is 14.3. The third-order valence-corrected chi connectivity index (χ3v) is 10.8. The van der Waals surface area contributed by atoms with Gasteiger partial charge in [-0.05, 0) is 61.6 Å². The van der Waals surface area contributed by atoms with Crippen molar-refractivity contribution in [2.75, 3.05) is 13.1 Å². The molecule has 8 atom stereocenters. The largest absolute Gasteiger partial charge is 0.508 e. The predicted octanol–water partition coefficient (Wildman–Crippen LogP) is -1.11. The van der Waals surface area contributed by atoms with Gasteiger partial charge in [0.25, 0.3) is 0 Å². The second-order valence-corrected chi connectivity index (χ2v) is 15.9. The number of hydrogen-bond acceptors (Lipinski definition) is 11. The van der Waals surface area contributed by atoms with Gasteiger partial charge in [0, 0.05) is 37.8 Å². The molecule has 1 aliphatic rings. The van der Waals surface area contributed by atoms with Crippen molar-refractivity contribution in [2.24, 2.45) is 34.0 Å². The molecule has 2 heterocycles. The Morgan fingerprint density at radius 1 is 0.855 bits per heavy atom. The molecule has 3 rings (SSSR count). The van der Waals surface area contributed by atoms with Gasteiger partial charge < -0.3 is 63.9 Å². The maximum absolute atomic E-state index is 14.3. The molecule has 14 N–H and O–H groups in total. The van der Waals surface area contributed by atoms with Crippen molar-refractivity contribution < 1.29 is 43.8 Å². The highest BCUT2D eigenvalue weighted by atomic mass is 16.4. The van der Waals surface area contributed by atoms with Gasteiger partial charge >= 0.3 is 5.97 Å². The lowest BCUT2D eigenvalue weighted by molar-refractivity contribution is -0.145. The van der Waals surface area contributed by atoms with E-state index in [-0.39, 0.29) is 56.9 Å². The number of phenols is 1. The molecule has 21 heteroatoms. The first-order valence-corrected chi connectivity index (χ1v) is 21.0. The number of aromatic amines is 1. The first kappa shape index (κ1) is 50.1. The van der Waals surface area contributed by atoms with Crippen LogP contribution in [0, 0.1) is 11.8 Å². The molecule has 62 heavy (non-hydrogen) atoms. The van der Waals surface area contributed by atoms with Gasteiger partial charge in [-0.2, -0.15) is 0 Å². The number of aliphatic carboxylic acids is 1. The molecular formula is C41H64N12O9. The fourth-order valence-electron chi connectivity index (χ4n) is 6.93. The van der Waals surface area contributed by atoms with E-state index in [1.807, 2.05) is 6.92 Å². The number of nitrogens with two attached hydrogens (primary N) is 3. The number of benzene rings is 1. The minimum Gasteiger partial charge on any atom is -0.508 e. The number of carboxylic acid groups (broad SMARTS) is 1. The second-order valence-electron chi connectivity index (χ2n) is 15.9. The van der Waals surface area contributed by atoms with Gasteiger partial charge in [0.15, 0.2) is 5.96 Å². The standard InChI is InChI=1S/C41H64N12O9/c1-6-23(5)33(38(59)50-30(19-25-20-45-21-47-25)39(60)53-17-9-11-31(53)36(57)48-28(7-2)40(61)62)52-35(56)29(18-24-12-14-26(54)15-13-24)49-37(58)32(22(3)4)51-34(55)27(42)10-8-16-46-41(43)44/h12-15,20-23,27-33,54H,6-11,16-19,42H2,1-5H3,(H,45,47)(H,48,57)(H,49,58)(H,50,59)(H,51,55)(H,52,56)(H,61,62)(H4,43,44,46)/t23-,27-,28?,29-,30-,31-,32-,33-/m0/s1. The number of H-pyrrole nitrogens is 1. The van der Waals surface area contributed by atoms with Crippen LogP contribution >= 0.6 is 0 Å². The van der Waals surface area contributed by atoms with E-state index < -0.39 is 95.5 Å². The lowest BCUT2D eigenvalue weighted by Gasteiger charge is -2.32. The van der Waals surface area contributed by atoms with Crippen LogP contribution in [0.3, 0.4) is 0 Å². The summed E-state index contributed by atoms with van der Waals surface area (Å²) in [4.78, 5) is 107. The van der Waals surface area contributed by atoms with Gasteiger partial charge in [-0.3, -0.25) is 33.8 Å². The molecule has 0 saturated carbocycles. The molecule has 21 nitrogen and oxygen atoms in total. The van der Waals surface area contributed by atoms with Crippen LogP contribution < -0.4 is 43.8 Å². The smallest absolute Gasteiger partial charge is 0.326 e. The van der Waals surface area contributed by atoms with Crippen molar-refractivity contribution in [3.8, 4) is 5.75 Å². The van der Waals surface area contributed by atoms with Crippen molar-refractivity contribution in [1.82, 2.24) is 41.5 Å². The van der Waals surface area contributed by atoms with Crippen molar-refractivity contribution >= 4 is 47.4 Å². The number of imidazole rings is 1. The van der Waals surface area contributed by atoms with Crippen LogP contribution in [0.1, 0.15) is 84.4 Å². The van der Waals surface area contributed by atoms with E-state index in [0.717, 1.165) is 0 Å². The number of guanidine groups is 1. The van der Waals surface area contributed by atoms with Crippen LogP contribution in [0.5, 0.6) is 5.75 Å². The normalized spacial score (nSPS) is 17.0. The molecule has 1 aromatic heterocycles. The fourth-order valence-corrected chi connectivity index (χ4v) is 6.93. The summed E-state index contributed by atoms with van der Waals surface area (Å²) < 4.78 is 0. The number of carbonyl (C=O) groups excluding carboxylic acids is 6. The van der Waals surface area contributed by atoms with Crippen LogP contribution in [0.15, 0.2) is 41.8 Å². The molecule has 0 bridgehead atoms. The topological polar surface area (TPSA) is 342 Å². The highest BCUT2D eigenvalue weighted by Gasteiger charge is 2.40. The molecule has 1 aliphatic heterocycles. The van der Waals surface area contributed by atoms with E-state index in [9.17, 15) is 43.8 Å². The van der Waals surface area contributed by atoms with Gasteiger partial charge in [0.2, 0.25) is 35.4 Å². The first-order valence-electron chi connectivity index (χ1n) is 21.0. The summed E-state index contributed by atoms with van der Waals surface area (Å²) >= 11 is 0. The number of phenolic OH excluding ortho intramolecular Hbond substituents is 1. The fraction of sp³-hybridized carbons (Fsp3) is 0.585. The molecule has 342 valence electrons. The van der Waals surface area contributed by atoms with Crippen molar-refractivity contribution in [3.05, 3.63) is 48.0 Å². The molecule has 0 radical (unpaired) electrons. The number of hydrogen-bond donors (Lipinski definition) is 11. The minimum atomic E-state index is -1.29. The van der Waals surface area contributed by atoms with Gasteiger partial charge in [-0.1, -0.05) is 53.2 Å². The number of aliphatic imine (C=N–C) groups is 1. The maximum Gasteiger partial charge on any atom is 0.326 e. The molecular weight excluding hydrogens is 805 g/mol. The Hall–Kier alpha value is -6.25. The minimum absolute atomic E-state index is 0.0185. The number of nitrogens with zero attached hydrogens (tertiary/aromatic N) is 3. The van der Waals surface area contributed by atoms with Gasteiger partial charge in [0.1, 0.15) is 42.0 Å². The number of amides is 6. The van der Waals surface area contributed by atoms with Crippen LogP contribution in [-0.2, 0) is 46.4 Å². The summed E-state index contributed by atoms with van der Waals surface area (Å²) in [5.41, 5.74) is 17.9. The summed E-state index contributed by atoms with van der Waals surface area (Å²) in [7, 11) is 0. The van der Waals surface area contributed by atoms with Crippen molar-refractivity contribution in [1.29, 1.82) is 0 Å². The molecule has 2 aromatic rings. The van der Waals surface area contributed by atoms with Crippen molar-refractivity contribution in [3.63, 3.8) is 0 Å². The van der Waals surface area contributed by atoms with Gasteiger partial charge in [-0.25, -0.2) is 9.78 Å². The molecule has 0 spiro atoms. The number of aromatic hydroxyl groups is 1. The Bertz CT molecular complexity index is 1850. The lowest BCUT2D eigenvalue weighted by Crippen LogP contribution is -2.61. The van der Waals surface area contributed by atoms with E-state index in [4.69, 9.17) is 17.2 Å². The van der Waals surface area contributed by atoms with Crippen molar-refractivity contribution in [2.45, 2.75) is 128 Å².